The second-order valence-electron chi connectivity index (χ2n) is 3.61. The first-order valence-corrected chi connectivity index (χ1v) is 5.35. The first-order valence-electron chi connectivity index (χ1n) is 5.35. The molecule has 0 aliphatic carbocycles. The molecule has 0 heterocycles. The smallest absolute Gasteiger partial charge is 0.220 e. The Labute approximate surface area is 91.9 Å². The Morgan fingerprint density at radius 2 is 2.20 bits per heavy atom. The van der Waals surface area contributed by atoms with Gasteiger partial charge in [0.2, 0.25) is 5.91 Å². The first-order chi connectivity index (χ1) is 7.16. The summed E-state index contributed by atoms with van der Waals surface area (Å²) in [7, 11) is 0. The van der Waals surface area contributed by atoms with E-state index in [4.69, 9.17) is 10.5 Å². The van der Waals surface area contributed by atoms with E-state index in [0.29, 0.717) is 32.7 Å². The van der Waals surface area contributed by atoms with E-state index in [9.17, 15) is 4.79 Å². The molecule has 0 rings (SSSR count). The Balaban J connectivity index is 3.20. The summed E-state index contributed by atoms with van der Waals surface area (Å²) in [6.45, 7) is 7.93. The van der Waals surface area contributed by atoms with Gasteiger partial charge in [0, 0.05) is 13.0 Å². The maximum Gasteiger partial charge on any atom is 0.220 e. The standard InChI is InChI=1S/C11H22N2O2/c1-10(2)9-15-8-7-13-11(14)5-3-4-6-12/h1,3-9,12H2,2H3,(H,13,14). The average Bonchev–Trinajstić information content (AvgIpc) is 2.17. The van der Waals surface area contributed by atoms with E-state index in [1.165, 1.54) is 0 Å². The van der Waals surface area contributed by atoms with Gasteiger partial charge < -0.3 is 15.8 Å². The van der Waals surface area contributed by atoms with Crippen LogP contribution in [-0.4, -0.2) is 32.2 Å². The molecule has 0 saturated carbocycles. The first kappa shape index (κ1) is 14.1. The molecule has 0 saturated heterocycles. The van der Waals surface area contributed by atoms with Gasteiger partial charge in [-0.3, -0.25) is 4.79 Å². The van der Waals surface area contributed by atoms with Crippen LogP contribution in [0.1, 0.15) is 26.2 Å². The lowest BCUT2D eigenvalue weighted by atomic mass is 10.2. The minimum Gasteiger partial charge on any atom is -0.375 e. The summed E-state index contributed by atoms with van der Waals surface area (Å²) >= 11 is 0. The highest BCUT2D eigenvalue weighted by Gasteiger charge is 1.99. The Bertz CT molecular complexity index is 193. The van der Waals surface area contributed by atoms with Crippen molar-refractivity contribution in [3.63, 3.8) is 0 Å². The van der Waals surface area contributed by atoms with Crippen molar-refractivity contribution in [1.29, 1.82) is 0 Å². The van der Waals surface area contributed by atoms with Crippen LogP contribution in [0.3, 0.4) is 0 Å². The van der Waals surface area contributed by atoms with E-state index in [0.717, 1.165) is 18.4 Å². The fourth-order valence-corrected chi connectivity index (χ4v) is 1.03. The highest BCUT2D eigenvalue weighted by molar-refractivity contribution is 5.75. The largest absolute Gasteiger partial charge is 0.375 e. The topological polar surface area (TPSA) is 64.3 Å². The predicted octanol–water partition coefficient (Wildman–Crippen LogP) is 0.824. The zero-order valence-electron chi connectivity index (χ0n) is 9.55. The maximum absolute atomic E-state index is 11.2. The molecule has 3 N–H and O–H groups in total. The summed E-state index contributed by atoms with van der Waals surface area (Å²) in [4.78, 5) is 11.2. The zero-order valence-corrected chi connectivity index (χ0v) is 9.55. The molecule has 0 bridgehead atoms. The summed E-state index contributed by atoms with van der Waals surface area (Å²) in [6.07, 6.45) is 2.31. The van der Waals surface area contributed by atoms with Crippen LogP contribution < -0.4 is 11.1 Å². The quantitative estimate of drug-likeness (QED) is 0.441. The summed E-state index contributed by atoms with van der Waals surface area (Å²) in [5.74, 6) is 0.0716. The molecule has 0 radical (unpaired) electrons. The van der Waals surface area contributed by atoms with E-state index in [-0.39, 0.29) is 5.91 Å². The SMILES string of the molecule is C=C(C)COCCNC(=O)CCCCN. The highest BCUT2D eigenvalue weighted by Crippen LogP contribution is 1.92. The number of unbranched alkanes of at least 4 members (excludes halogenated alkanes) is 1. The molecule has 0 aliphatic rings. The van der Waals surface area contributed by atoms with E-state index in [1.807, 2.05) is 6.92 Å². The summed E-state index contributed by atoms with van der Waals surface area (Å²) in [5, 5.41) is 2.78. The molecule has 4 heteroatoms. The lowest BCUT2D eigenvalue weighted by Crippen LogP contribution is -2.27. The van der Waals surface area contributed by atoms with Crippen LogP contribution in [0.5, 0.6) is 0 Å². The second-order valence-corrected chi connectivity index (χ2v) is 3.61. The van der Waals surface area contributed by atoms with Gasteiger partial charge in [-0.25, -0.2) is 0 Å². The number of hydrogen-bond acceptors (Lipinski definition) is 3. The number of hydrogen-bond donors (Lipinski definition) is 2. The van der Waals surface area contributed by atoms with Crippen molar-refractivity contribution < 1.29 is 9.53 Å². The number of ether oxygens (including phenoxy) is 1. The van der Waals surface area contributed by atoms with Crippen molar-refractivity contribution in [3.05, 3.63) is 12.2 Å². The predicted molar refractivity (Wildman–Crippen MR) is 61.5 cm³/mol. The average molecular weight is 214 g/mol. The van der Waals surface area contributed by atoms with Crippen LogP contribution >= 0.6 is 0 Å². The third kappa shape index (κ3) is 11.1. The molecule has 0 atom stereocenters. The molecular weight excluding hydrogens is 192 g/mol. The Kier molecular flexibility index (Phi) is 9.11. The van der Waals surface area contributed by atoms with Gasteiger partial charge in [-0.15, -0.1) is 0 Å². The van der Waals surface area contributed by atoms with E-state index in [2.05, 4.69) is 11.9 Å². The van der Waals surface area contributed by atoms with E-state index in [1.54, 1.807) is 0 Å². The molecule has 0 aromatic carbocycles. The third-order valence-corrected chi connectivity index (χ3v) is 1.77. The van der Waals surface area contributed by atoms with E-state index >= 15 is 0 Å². The monoisotopic (exact) mass is 214 g/mol. The highest BCUT2D eigenvalue weighted by atomic mass is 16.5. The number of rotatable bonds is 9. The van der Waals surface area contributed by atoms with Gasteiger partial charge in [0.25, 0.3) is 0 Å². The van der Waals surface area contributed by atoms with Gasteiger partial charge in [-0.2, -0.15) is 0 Å². The fraction of sp³-hybridized carbons (Fsp3) is 0.727. The molecule has 4 nitrogen and oxygen atoms in total. The molecule has 0 aromatic heterocycles. The van der Waals surface area contributed by atoms with Crippen molar-refractivity contribution in [1.82, 2.24) is 5.32 Å². The van der Waals surface area contributed by atoms with Gasteiger partial charge in [0.15, 0.2) is 0 Å². The number of amides is 1. The van der Waals surface area contributed by atoms with Crippen molar-refractivity contribution in [2.45, 2.75) is 26.2 Å². The van der Waals surface area contributed by atoms with Gasteiger partial charge in [0.05, 0.1) is 13.2 Å². The van der Waals surface area contributed by atoms with Gasteiger partial charge in [-0.05, 0) is 26.3 Å². The third-order valence-electron chi connectivity index (χ3n) is 1.77. The Hall–Kier alpha value is -0.870. The van der Waals surface area contributed by atoms with Crippen LogP contribution in [0.4, 0.5) is 0 Å². The number of nitrogens with two attached hydrogens (primary N) is 1. The fourth-order valence-electron chi connectivity index (χ4n) is 1.03. The van der Waals surface area contributed by atoms with Gasteiger partial charge >= 0.3 is 0 Å². The van der Waals surface area contributed by atoms with Gasteiger partial charge in [0.1, 0.15) is 0 Å². The lowest BCUT2D eigenvalue weighted by molar-refractivity contribution is -0.121. The molecule has 0 fully saturated rings. The molecule has 0 aromatic rings. The Morgan fingerprint density at radius 3 is 2.80 bits per heavy atom. The number of carbonyl (C=O) groups is 1. The van der Waals surface area contributed by atoms with Crippen LogP contribution in [0, 0.1) is 0 Å². The molecule has 1 amide bonds. The van der Waals surface area contributed by atoms with Crippen LogP contribution in [0.15, 0.2) is 12.2 Å². The molecule has 15 heavy (non-hydrogen) atoms. The summed E-state index contributed by atoms with van der Waals surface area (Å²) in [6, 6.07) is 0. The zero-order chi connectivity index (χ0) is 11.5. The normalized spacial score (nSPS) is 10.0. The summed E-state index contributed by atoms with van der Waals surface area (Å²) in [5.41, 5.74) is 6.31. The summed E-state index contributed by atoms with van der Waals surface area (Å²) < 4.78 is 5.24. The second kappa shape index (κ2) is 9.68. The van der Waals surface area contributed by atoms with Crippen LogP contribution in [-0.2, 0) is 9.53 Å². The van der Waals surface area contributed by atoms with Gasteiger partial charge in [-0.1, -0.05) is 12.2 Å². The molecule has 0 spiro atoms. The minimum atomic E-state index is 0.0716. The molecular formula is C11H22N2O2. The van der Waals surface area contributed by atoms with Crippen molar-refractivity contribution >= 4 is 5.91 Å². The van der Waals surface area contributed by atoms with E-state index < -0.39 is 0 Å². The Morgan fingerprint density at radius 1 is 1.47 bits per heavy atom. The molecule has 88 valence electrons. The minimum absolute atomic E-state index is 0.0716. The number of nitrogens with one attached hydrogen (secondary N) is 1. The van der Waals surface area contributed by atoms with Crippen molar-refractivity contribution in [3.8, 4) is 0 Å². The van der Waals surface area contributed by atoms with Crippen LogP contribution in [0.25, 0.3) is 0 Å². The van der Waals surface area contributed by atoms with Crippen LogP contribution in [0.2, 0.25) is 0 Å². The van der Waals surface area contributed by atoms with Crippen molar-refractivity contribution in [2.75, 3.05) is 26.3 Å². The maximum atomic E-state index is 11.2. The van der Waals surface area contributed by atoms with Crippen molar-refractivity contribution in [2.24, 2.45) is 5.73 Å². The molecule has 0 aliphatic heterocycles. The number of carbonyl (C=O) groups excluding carboxylic acids is 1. The molecule has 0 unspecified atom stereocenters. The lowest BCUT2D eigenvalue weighted by Gasteiger charge is -2.05.